The minimum absolute atomic E-state index is 0.0170. The van der Waals surface area contributed by atoms with Crippen molar-refractivity contribution in [3.8, 4) is 5.75 Å². The molecule has 6 nitrogen and oxygen atoms in total. The molecule has 1 unspecified atom stereocenters. The molecule has 2 N–H and O–H groups in total. The monoisotopic (exact) mass is 326 g/mol. The van der Waals surface area contributed by atoms with E-state index in [0.29, 0.717) is 13.1 Å². The van der Waals surface area contributed by atoms with E-state index < -0.39 is 10.0 Å². The first-order valence-electron chi connectivity index (χ1n) is 7.28. The van der Waals surface area contributed by atoms with Crippen molar-refractivity contribution in [2.75, 3.05) is 26.0 Å². The van der Waals surface area contributed by atoms with Crippen molar-refractivity contribution in [2.24, 2.45) is 11.1 Å². The number of hydrogen-bond acceptors (Lipinski definition) is 4. The first-order chi connectivity index (χ1) is 10.4. The largest absolute Gasteiger partial charge is 0.497 e. The maximum Gasteiger partial charge on any atom is 0.222 e. The fraction of sp³-hybridized carbons (Fsp3) is 0.533. The summed E-state index contributed by atoms with van der Waals surface area (Å²) < 4.78 is 27.3. The highest BCUT2D eigenvalue weighted by atomic mass is 32.2. The van der Waals surface area contributed by atoms with Crippen LogP contribution in [0.1, 0.15) is 18.4 Å². The zero-order valence-electron chi connectivity index (χ0n) is 12.7. The molecular formula is C15H22N2O4S. The zero-order valence-corrected chi connectivity index (χ0v) is 13.5. The average molecular weight is 326 g/mol. The van der Waals surface area contributed by atoms with E-state index in [9.17, 15) is 13.2 Å². The predicted molar refractivity (Wildman–Crippen MR) is 84.0 cm³/mol. The Bertz CT molecular complexity index is 613. The molecule has 0 bridgehead atoms. The third kappa shape index (κ3) is 4.99. The molecule has 0 saturated carbocycles. The van der Waals surface area contributed by atoms with Crippen LogP contribution in [0.4, 0.5) is 0 Å². The minimum Gasteiger partial charge on any atom is -0.497 e. The summed E-state index contributed by atoms with van der Waals surface area (Å²) in [4.78, 5) is 13.6. The number of primary sulfonamides is 1. The zero-order chi connectivity index (χ0) is 16.2. The van der Waals surface area contributed by atoms with E-state index in [1.54, 1.807) is 12.0 Å². The summed E-state index contributed by atoms with van der Waals surface area (Å²) >= 11 is 0. The molecule has 0 radical (unpaired) electrons. The summed E-state index contributed by atoms with van der Waals surface area (Å²) in [7, 11) is -1.88. The highest BCUT2D eigenvalue weighted by molar-refractivity contribution is 7.89. The van der Waals surface area contributed by atoms with Gasteiger partial charge in [-0.3, -0.25) is 4.79 Å². The van der Waals surface area contributed by atoms with Crippen molar-refractivity contribution in [1.82, 2.24) is 4.90 Å². The summed E-state index contributed by atoms with van der Waals surface area (Å²) in [6.07, 6.45) is 1.99. The van der Waals surface area contributed by atoms with Gasteiger partial charge in [-0.05, 0) is 30.5 Å². The number of ether oxygens (including phenoxy) is 1. The van der Waals surface area contributed by atoms with E-state index in [1.165, 1.54) is 5.56 Å². The van der Waals surface area contributed by atoms with E-state index >= 15 is 0 Å². The second-order valence-electron chi connectivity index (χ2n) is 5.69. The van der Waals surface area contributed by atoms with E-state index in [-0.39, 0.29) is 24.0 Å². The molecule has 2 rings (SSSR count). The number of amides is 1. The van der Waals surface area contributed by atoms with Gasteiger partial charge >= 0.3 is 0 Å². The van der Waals surface area contributed by atoms with Gasteiger partial charge in [-0.15, -0.1) is 0 Å². The van der Waals surface area contributed by atoms with Crippen LogP contribution in [0.15, 0.2) is 24.3 Å². The molecule has 22 heavy (non-hydrogen) atoms. The van der Waals surface area contributed by atoms with Gasteiger partial charge in [0.25, 0.3) is 0 Å². The normalized spacial score (nSPS) is 18.7. The van der Waals surface area contributed by atoms with Crippen LogP contribution in [0.3, 0.4) is 0 Å². The average Bonchev–Trinajstić information content (AvgIpc) is 2.77. The molecule has 1 atom stereocenters. The van der Waals surface area contributed by atoms with E-state index in [4.69, 9.17) is 9.88 Å². The lowest BCUT2D eigenvalue weighted by Crippen LogP contribution is -2.28. The second-order valence-corrected chi connectivity index (χ2v) is 7.35. The lowest BCUT2D eigenvalue weighted by molar-refractivity contribution is -0.127. The van der Waals surface area contributed by atoms with Gasteiger partial charge in [0, 0.05) is 25.4 Å². The fourth-order valence-corrected chi connectivity index (χ4v) is 3.66. The van der Waals surface area contributed by atoms with Crippen LogP contribution >= 0.6 is 0 Å². The van der Waals surface area contributed by atoms with Gasteiger partial charge in [0.05, 0.1) is 12.9 Å². The van der Waals surface area contributed by atoms with Crippen molar-refractivity contribution >= 4 is 15.9 Å². The maximum absolute atomic E-state index is 11.9. The Hall–Kier alpha value is -1.60. The standard InChI is InChI=1S/C15H22N2O4S/c1-21-14-6-4-12(5-7-14)3-2-8-17-10-13(9-15(17)18)11-22(16,19)20/h4-7,13H,2-3,8-11H2,1H3,(H2,16,19,20). The molecular weight excluding hydrogens is 304 g/mol. The van der Waals surface area contributed by atoms with Crippen molar-refractivity contribution in [3.63, 3.8) is 0 Å². The number of carbonyl (C=O) groups is 1. The Balaban J connectivity index is 1.78. The Morgan fingerprint density at radius 1 is 1.32 bits per heavy atom. The molecule has 1 saturated heterocycles. The SMILES string of the molecule is COc1ccc(CCCN2CC(CS(N)(=O)=O)CC2=O)cc1. The molecule has 1 aromatic rings. The number of benzene rings is 1. The van der Waals surface area contributed by atoms with Crippen molar-refractivity contribution in [2.45, 2.75) is 19.3 Å². The Morgan fingerprint density at radius 3 is 2.59 bits per heavy atom. The number of nitrogens with zero attached hydrogens (tertiary/aromatic N) is 1. The van der Waals surface area contributed by atoms with Gasteiger partial charge in [-0.2, -0.15) is 0 Å². The summed E-state index contributed by atoms with van der Waals surface area (Å²) in [5, 5.41) is 5.04. The molecule has 0 aliphatic carbocycles. The van der Waals surface area contributed by atoms with Crippen molar-refractivity contribution < 1.29 is 17.9 Å². The number of carbonyl (C=O) groups excluding carboxylic acids is 1. The first kappa shape index (κ1) is 16.8. The molecule has 1 aliphatic heterocycles. The lowest BCUT2D eigenvalue weighted by atomic mass is 10.1. The van der Waals surface area contributed by atoms with E-state index in [2.05, 4.69) is 0 Å². The number of methoxy groups -OCH3 is 1. The highest BCUT2D eigenvalue weighted by Gasteiger charge is 2.31. The quantitative estimate of drug-likeness (QED) is 0.801. The summed E-state index contributed by atoms with van der Waals surface area (Å²) in [5.74, 6) is 0.546. The molecule has 0 spiro atoms. The van der Waals surface area contributed by atoms with Crippen molar-refractivity contribution in [1.29, 1.82) is 0 Å². The molecule has 1 aromatic carbocycles. The maximum atomic E-state index is 11.9. The second kappa shape index (κ2) is 7.11. The van der Waals surface area contributed by atoms with Crippen LogP contribution in [0.5, 0.6) is 5.75 Å². The van der Waals surface area contributed by atoms with E-state index in [1.807, 2.05) is 24.3 Å². The Labute approximate surface area is 131 Å². The number of rotatable bonds is 7. The summed E-state index contributed by atoms with van der Waals surface area (Å²) in [5.41, 5.74) is 1.19. The molecule has 1 amide bonds. The predicted octanol–water partition coefficient (Wildman–Crippen LogP) is 0.765. The smallest absolute Gasteiger partial charge is 0.222 e. The summed E-state index contributed by atoms with van der Waals surface area (Å²) in [6, 6.07) is 7.85. The van der Waals surface area contributed by atoms with Crippen LogP contribution in [0, 0.1) is 5.92 Å². The highest BCUT2D eigenvalue weighted by Crippen LogP contribution is 2.20. The third-order valence-electron chi connectivity index (χ3n) is 3.82. The Kier molecular flexibility index (Phi) is 5.42. The molecule has 122 valence electrons. The van der Waals surface area contributed by atoms with Gasteiger partial charge < -0.3 is 9.64 Å². The van der Waals surface area contributed by atoms with Gasteiger partial charge in [0.2, 0.25) is 15.9 Å². The van der Waals surface area contributed by atoms with Crippen LogP contribution < -0.4 is 9.88 Å². The molecule has 1 aliphatic rings. The van der Waals surface area contributed by atoms with Crippen LogP contribution in [-0.2, 0) is 21.2 Å². The molecule has 1 fully saturated rings. The number of likely N-dealkylation sites (tertiary alicyclic amines) is 1. The number of nitrogens with two attached hydrogens (primary N) is 1. The van der Waals surface area contributed by atoms with Gasteiger partial charge in [0.1, 0.15) is 5.75 Å². The van der Waals surface area contributed by atoms with Crippen molar-refractivity contribution in [3.05, 3.63) is 29.8 Å². The summed E-state index contributed by atoms with van der Waals surface area (Å²) in [6.45, 7) is 1.13. The Morgan fingerprint density at radius 2 is 2.00 bits per heavy atom. The minimum atomic E-state index is -3.52. The number of hydrogen-bond donors (Lipinski definition) is 1. The molecule has 7 heteroatoms. The first-order valence-corrected chi connectivity index (χ1v) is 9.00. The van der Waals surface area contributed by atoms with Crippen LogP contribution in [0.2, 0.25) is 0 Å². The third-order valence-corrected chi connectivity index (χ3v) is 4.75. The molecule has 1 heterocycles. The number of sulfonamides is 1. The van der Waals surface area contributed by atoms with Gasteiger partial charge in [-0.1, -0.05) is 12.1 Å². The van der Waals surface area contributed by atoms with Gasteiger partial charge in [-0.25, -0.2) is 13.6 Å². The van der Waals surface area contributed by atoms with E-state index in [0.717, 1.165) is 18.6 Å². The lowest BCUT2D eigenvalue weighted by Gasteiger charge is -2.16. The fourth-order valence-electron chi connectivity index (χ4n) is 2.78. The molecule has 0 aromatic heterocycles. The van der Waals surface area contributed by atoms with Crippen LogP contribution in [0.25, 0.3) is 0 Å². The topological polar surface area (TPSA) is 89.7 Å². The number of aryl methyl sites for hydroxylation is 1. The van der Waals surface area contributed by atoms with Crippen LogP contribution in [-0.4, -0.2) is 45.2 Å². The van der Waals surface area contributed by atoms with Gasteiger partial charge in [0.15, 0.2) is 0 Å².